The summed E-state index contributed by atoms with van der Waals surface area (Å²) in [5, 5.41) is 6.78. The number of fused-ring (bicyclic) bond motifs is 1. The van der Waals surface area contributed by atoms with E-state index in [1.54, 1.807) is 12.1 Å². The van der Waals surface area contributed by atoms with Gasteiger partial charge in [-0.3, -0.25) is 10.1 Å². The summed E-state index contributed by atoms with van der Waals surface area (Å²) in [6.45, 7) is 4.27. The maximum atomic E-state index is 13.0. The van der Waals surface area contributed by atoms with Gasteiger partial charge < -0.3 is 10.2 Å². The lowest BCUT2D eigenvalue weighted by atomic mass is 10.1. The summed E-state index contributed by atoms with van der Waals surface area (Å²) in [4.78, 5) is 24.8. The number of imide groups is 1. The van der Waals surface area contributed by atoms with Gasteiger partial charge in [-0.05, 0) is 29.3 Å². The standard InChI is InChI=1S/C20H26N4O4S/c1-2-9-21-20(26)22-19(25)15-23-10-12-24(13-11-23)29(27,28)18-8-7-16-5-3-4-6-17(16)14-18/h3-8,14H,2,9-13,15H2,1H3,(H2,21,22,25,26)/p+1. The zero-order valence-electron chi connectivity index (χ0n) is 16.5. The molecule has 0 saturated carbocycles. The first kappa shape index (κ1) is 21.2. The Hall–Kier alpha value is -2.49. The van der Waals surface area contributed by atoms with Gasteiger partial charge in [0.15, 0.2) is 6.54 Å². The number of carbonyl (C=O) groups is 2. The van der Waals surface area contributed by atoms with Crippen LogP contribution in [0, 0.1) is 0 Å². The van der Waals surface area contributed by atoms with Gasteiger partial charge in [-0.1, -0.05) is 37.3 Å². The van der Waals surface area contributed by atoms with E-state index in [9.17, 15) is 18.0 Å². The van der Waals surface area contributed by atoms with Crippen molar-refractivity contribution in [2.75, 3.05) is 39.3 Å². The molecule has 0 spiro atoms. The second-order valence-electron chi connectivity index (χ2n) is 7.14. The second kappa shape index (κ2) is 9.34. The van der Waals surface area contributed by atoms with E-state index in [2.05, 4.69) is 10.6 Å². The molecule has 156 valence electrons. The van der Waals surface area contributed by atoms with Crippen molar-refractivity contribution in [2.45, 2.75) is 18.2 Å². The number of hydrogen-bond acceptors (Lipinski definition) is 4. The van der Waals surface area contributed by atoms with Crippen molar-refractivity contribution in [3.05, 3.63) is 42.5 Å². The fourth-order valence-electron chi connectivity index (χ4n) is 3.38. The van der Waals surface area contributed by atoms with Gasteiger partial charge in [-0.2, -0.15) is 4.31 Å². The molecule has 29 heavy (non-hydrogen) atoms. The summed E-state index contributed by atoms with van der Waals surface area (Å²) >= 11 is 0. The predicted octanol–water partition coefficient (Wildman–Crippen LogP) is -0.0352. The van der Waals surface area contributed by atoms with E-state index in [0.717, 1.165) is 22.1 Å². The molecule has 0 aliphatic carbocycles. The van der Waals surface area contributed by atoms with Crippen LogP contribution >= 0.6 is 0 Å². The van der Waals surface area contributed by atoms with Crippen LogP contribution in [0.2, 0.25) is 0 Å². The van der Waals surface area contributed by atoms with Crippen LogP contribution in [0.25, 0.3) is 10.8 Å². The molecular formula is C20H27N4O4S+. The SMILES string of the molecule is CCCNC(=O)NC(=O)C[NH+]1CCN(S(=O)(=O)c2ccc3ccccc3c2)CC1. The molecule has 1 aliphatic rings. The number of piperazine rings is 1. The summed E-state index contributed by atoms with van der Waals surface area (Å²) in [6.07, 6.45) is 0.792. The molecule has 2 aromatic rings. The molecule has 8 nitrogen and oxygen atoms in total. The topological polar surface area (TPSA) is 100 Å². The van der Waals surface area contributed by atoms with Gasteiger partial charge in [-0.25, -0.2) is 13.2 Å². The summed E-state index contributed by atoms with van der Waals surface area (Å²) in [5.74, 6) is -0.362. The molecule has 0 bridgehead atoms. The molecule has 0 atom stereocenters. The average Bonchev–Trinajstić information content (AvgIpc) is 2.72. The first-order chi connectivity index (χ1) is 13.9. The molecule has 3 N–H and O–H groups in total. The maximum absolute atomic E-state index is 13.0. The Bertz CT molecular complexity index is 985. The van der Waals surface area contributed by atoms with E-state index < -0.39 is 16.1 Å². The van der Waals surface area contributed by atoms with E-state index in [1.807, 2.05) is 37.3 Å². The molecule has 0 unspecified atom stereocenters. The summed E-state index contributed by atoms with van der Waals surface area (Å²) in [5.41, 5.74) is 0. The predicted molar refractivity (Wildman–Crippen MR) is 110 cm³/mol. The number of nitrogens with one attached hydrogen (secondary N) is 3. The van der Waals surface area contributed by atoms with Gasteiger partial charge in [0, 0.05) is 6.54 Å². The van der Waals surface area contributed by atoms with Gasteiger partial charge in [0.25, 0.3) is 5.91 Å². The quantitative estimate of drug-likeness (QED) is 0.612. The van der Waals surface area contributed by atoms with E-state index in [0.29, 0.717) is 32.7 Å². The summed E-state index contributed by atoms with van der Waals surface area (Å²) in [7, 11) is -3.58. The normalized spacial score (nSPS) is 15.9. The number of urea groups is 1. The average molecular weight is 420 g/mol. The number of quaternary nitrogens is 1. The lowest BCUT2D eigenvalue weighted by Gasteiger charge is -2.31. The molecule has 0 aromatic heterocycles. The first-order valence-electron chi connectivity index (χ1n) is 9.80. The highest BCUT2D eigenvalue weighted by atomic mass is 32.2. The van der Waals surface area contributed by atoms with E-state index in [4.69, 9.17) is 0 Å². The van der Waals surface area contributed by atoms with Gasteiger partial charge in [0.2, 0.25) is 10.0 Å². The van der Waals surface area contributed by atoms with Crippen LogP contribution in [0.5, 0.6) is 0 Å². The van der Waals surface area contributed by atoms with Gasteiger partial charge in [0.05, 0.1) is 31.1 Å². The van der Waals surface area contributed by atoms with E-state index in [1.165, 1.54) is 4.31 Å². The third kappa shape index (κ3) is 5.31. The largest absolute Gasteiger partial charge is 0.338 e. The molecule has 1 heterocycles. The van der Waals surface area contributed by atoms with Crippen LogP contribution in [0.1, 0.15) is 13.3 Å². The molecule has 0 radical (unpaired) electrons. The minimum Gasteiger partial charge on any atom is -0.338 e. The van der Waals surface area contributed by atoms with Crippen molar-refractivity contribution >= 4 is 32.7 Å². The van der Waals surface area contributed by atoms with Crippen LogP contribution in [0.15, 0.2) is 47.4 Å². The minimum absolute atomic E-state index is 0.142. The zero-order chi connectivity index (χ0) is 20.9. The van der Waals surface area contributed by atoms with Gasteiger partial charge in [0.1, 0.15) is 0 Å². The summed E-state index contributed by atoms with van der Waals surface area (Å²) < 4.78 is 27.4. The molecule has 1 aliphatic heterocycles. The highest BCUT2D eigenvalue weighted by Gasteiger charge is 2.31. The Morgan fingerprint density at radius 1 is 1.07 bits per heavy atom. The molecule has 2 aromatic carbocycles. The highest BCUT2D eigenvalue weighted by molar-refractivity contribution is 7.89. The van der Waals surface area contributed by atoms with E-state index in [-0.39, 0.29) is 17.3 Å². The second-order valence-corrected chi connectivity index (χ2v) is 9.08. The van der Waals surface area contributed by atoms with Crippen LogP contribution in [-0.2, 0) is 14.8 Å². The highest BCUT2D eigenvalue weighted by Crippen LogP contribution is 2.21. The Labute approximate surface area is 170 Å². The number of benzene rings is 2. The van der Waals surface area contributed by atoms with Crippen LogP contribution in [-0.4, -0.2) is 63.9 Å². The van der Waals surface area contributed by atoms with Crippen molar-refractivity contribution in [1.82, 2.24) is 14.9 Å². The van der Waals surface area contributed by atoms with Crippen molar-refractivity contribution in [3.8, 4) is 0 Å². The van der Waals surface area contributed by atoms with Crippen molar-refractivity contribution < 1.29 is 22.9 Å². The first-order valence-corrected chi connectivity index (χ1v) is 11.2. The molecule has 1 fully saturated rings. The van der Waals surface area contributed by atoms with Crippen LogP contribution in [0.3, 0.4) is 0 Å². The molecule has 1 saturated heterocycles. The molecule has 3 rings (SSSR count). The van der Waals surface area contributed by atoms with Crippen molar-refractivity contribution in [3.63, 3.8) is 0 Å². The van der Waals surface area contributed by atoms with Crippen LogP contribution < -0.4 is 15.5 Å². The number of nitrogens with zero attached hydrogens (tertiary/aromatic N) is 1. The van der Waals surface area contributed by atoms with E-state index >= 15 is 0 Å². The lowest BCUT2D eigenvalue weighted by Crippen LogP contribution is -3.15. The Morgan fingerprint density at radius 3 is 2.45 bits per heavy atom. The number of hydrogen-bond donors (Lipinski definition) is 3. The van der Waals surface area contributed by atoms with Crippen molar-refractivity contribution in [1.29, 1.82) is 0 Å². The smallest absolute Gasteiger partial charge is 0.321 e. The number of sulfonamides is 1. The Balaban J connectivity index is 1.56. The summed E-state index contributed by atoms with van der Waals surface area (Å²) in [6, 6.07) is 12.3. The van der Waals surface area contributed by atoms with Gasteiger partial charge >= 0.3 is 6.03 Å². The Morgan fingerprint density at radius 2 is 1.76 bits per heavy atom. The fraction of sp³-hybridized carbons (Fsp3) is 0.400. The van der Waals surface area contributed by atoms with Gasteiger partial charge in [-0.15, -0.1) is 0 Å². The number of amides is 3. The molecule has 3 amide bonds. The van der Waals surface area contributed by atoms with Crippen molar-refractivity contribution in [2.24, 2.45) is 0 Å². The maximum Gasteiger partial charge on any atom is 0.321 e. The lowest BCUT2D eigenvalue weighted by molar-refractivity contribution is -0.895. The number of carbonyl (C=O) groups excluding carboxylic acids is 2. The zero-order valence-corrected chi connectivity index (χ0v) is 17.3. The monoisotopic (exact) mass is 419 g/mol. The minimum atomic E-state index is -3.58. The van der Waals surface area contributed by atoms with Crippen LogP contribution in [0.4, 0.5) is 4.79 Å². The third-order valence-electron chi connectivity index (χ3n) is 4.99. The number of rotatable bonds is 6. The Kier molecular flexibility index (Phi) is 6.83. The molecular weight excluding hydrogens is 392 g/mol. The fourth-order valence-corrected chi connectivity index (χ4v) is 4.85. The molecule has 9 heteroatoms. The third-order valence-corrected chi connectivity index (χ3v) is 6.88.